The molecule has 4 nitrogen and oxygen atoms in total. The Morgan fingerprint density at radius 1 is 1.36 bits per heavy atom. The van der Waals surface area contributed by atoms with Crippen molar-refractivity contribution in [3.8, 4) is 0 Å². The van der Waals surface area contributed by atoms with Gasteiger partial charge in [0.25, 0.3) is 0 Å². The zero-order valence-electron chi connectivity index (χ0n) is 7.42. The first kappa shape index (κ1) is 12.6. The van der Waals surface area contributed by atoms with E-state index in [9.17, 15) is 9.59 Å². The van der Waals surface area contributed by atoms with Crippen LogP contribution in [0.4, 0.5) is 0 Å². The van der Waals surface area contributed by atoms with Crippen LogP contribution in [0.5, 0.6) is 0 Å². The van der Waals surface area contributed by atoms with Crippen LogP contribution in [0.15, 0.2) is 0 Å². The van der Waals surface area contributed by atoms with Gasteiger partial charge in [-0.15, -0.1) is 0 Å². The summed E-state index contributed by atoms with van der Waals surface area (Å²) in [5, 5.41) is 8.14. The highest BCUT2D eigenvalue weighted by molar-refractivity contribution is 5.79. The zero-order valence-corrected chi connectivity index (χ0v) is 7.42. The van der Waals surface area contributed by atoms with Crippen molar-refractivity contribution in [3.05, 3.63) is 0 Å². The molecule has 66 valence electrons. The molecule has 0 spiro atoms. The molecule has 0 aromatic carbocycles. The molecule has 0 aliphatic heterocycles. The maximum atomic E-state index is 10.3. The first-order valence-corrected chi connectivity index (χ1v) is 3.47. The Hall–Kier alpha value is -1.06. The third-order valence-corrected chi connectivity index (χ3v) is 0.910. The average Bonchev–Trinajstić information content (AvgIpc) is 1.90. The lowest BCUT2D eigenvalue weighted by Gasteiger charge is -2.09. The van der Waals surface area contributed by atoms with Crippen molar-refractivity contribution >= 4 is 11.9 Å². The van der Waals surface area contributed by atoms with Gasteiger partial charge < -0.3 is 10.0 Å². The summed E-state index contributed by atoms with van der Waals surface area (Å²) in [7, 11) is 1.44. The van der Waals surface area contributed by atoms with Crippen LogP contribution in [0.25, 0.3) is 0 Å². The Kier molecular flexibility index (Phi) is 8.08. The van der Waals surface area contributed by atoms with E-state index < -0.39 is 5.97 Å². The number of rotatable bonds is 2. The van der Waals surface area contributed by atoms with Gasteiger partial charge in [0.05, 0.1) is 0 Å². The molecule has 0 bridgehead atoms. The second-order valence-corrected chi connectivity index (χ2v) is 1.77. The minimum Gasteiger partial charge on any atom is -0.480 e. The molecule has 0 heterocycles. The number of aliphatic carboxylic acids is 1. The number of amides is 1. The van der Waals surface area contributed by atoms with Crippen LogP contribution in [0.1, 0.15) is 20.8 Å². The lowest BCUT2D eigenvalue weighted by Crippen LogP contribution is -2.29. The SMILES string of the molecule is CC.CC(=O)N(C)CC(=O)O. The van der Waals surface area contributed by atoms with Crippen LogP contribution in [-0.4, -0.2) is 35.5 Å². The quantitative estimate of drug-likeness (QED) is 0.644. The van der Waals surface area contributed by atoms with Crippen molar-refractivity contribution in [2.75, 3.05) is 13.6 Å². The first-order chi connectivity index (χ1) is 5.04. The number of carbonyl (C=O) groups excluding carboxylic acids is 1. The number of likely N-dealkylation sites (N-methyl/N-ethyl adjacent to an activating group) is 1. The minimum absolute atomic E-state index is 0.227. The molecule has 0 saturated heterocycles. The summed E-state index contributed by atoms with van der Waals surface area (Å²) in [6, 6.07) is 0. The van der Waals surface area contributed by atoms with Crippen molar-refractivity contribution in [1.29, 1.82) is 0 Å². The van der Waals surface area contributed by atoms with Crippen molar-refractivity contribution in [3.63, 3.8) is 0 Å². The Morgan fingerprint density at radius 3 is 1.82 bits per heavy atom. The van der Waals surface area contributed by atoms with Crippen LogP contribution in [0, 0.1) is 0 Å². The number of hydrogen-bond acceptors (Lipinski definition) is 2. The molecule has 1 amide bonds. The van der Waals surface area contributed by atoms with E-state index in [1.54, 1.807) is 0 Å². The molecule has 0 saturated carbocycles. The van der Waals surface area contributed by atoms with Gasteiger partial charge in [-0.1, -0.05) is 13.8 Å². The molecular formula is C7H15NO3. The highest BCUT2D eigenvalue weighted by Crippen LogP contribution is 1.80. The number of carboxylic acids is 1. The van der Waals surface area contributed by atoms with Gasteiger partial charge in [-0.25, -0.2) is 0 Å². The summed E-state index contributed by atoms with van der Waals surface area (Å²) < 4.78 is 0. The van der Waals surface area contributed by atoms with E-state index in [0.29, 0.717) is 0 Å². The molecule has 0 aromatic heterocycles. The molecule has 0 atom stereocenters. The van der Waals surface area contributed by atoms with E-state index in [1.807, 2.05) is 13.8 Å². The molecule has 1 N–H and O–H groups in total. The second kappa shape index (κ2) is 7.05. The van der Waals surface area contributed by atoms with E-state index in [-0.39, 0.29) is 12.5 Å². The van der Waals surface area contributed by atoms with Crippen molar-refractivity contribution < 1.29 is 14.7 Å². The normalized spacial score (nSPS) is 7.64. The average molecular weight is 161 g/mol. The number of carbonyl (C=O) groups is 2. The summed E-state index contributed by atoms with van der Waals surface area (Å²) in [4.78, 5) is 21.4. The third-order valence-electron chi connectivity index (χ3n) is 0.910. The summed E-state index contributed by atoms with van der Waals surface area (Å²) in [6.45, 7) is 5.10. The van der Waals surface area contributed by atoms with E-state index in [4.69, 9.17) is 5.11 Å². The van der Waals surface area contributed by atoms with Crippen LogP contribution in [0.3, 0.4) is 0 Å². The van der Waals surface area contributed by atoms with Gasteiger partial charge in [-0.2, -0.15) is 0 Å². The summed E-state index contributed by atoms with van der Waals surface area (Å²) >= 11 is 0. The van der Waals surface area contributed by atoms with Crippen LogP contribution < -0.4 is 0 Å². The Bertz CT molecular complexity index is 134. The van der Waals surface area contributed by atoms with Gasteiger partial charge >= 0.3 is 5.97 Å². The predicted molar refractivity (Wildman–Crippen MR) is 42.3 cm³/mol. The maximum Gasteiger partial charge on any atom is 0.323 e. The Labute approximate surface area is 66.8 Å². The number of carboxylic acid groups (broad SMARTS) is 1. The van der Waals surface area contributed by atoms with Crippen LogP contribution in [-0.2, 0) is 9.59 Å². The van der Waals surface area contributed by atoms with Crippen LogP contribution in [0.2, 0.25) is 0 Å². The predicted octanol–water partition coefficient (Wildman–Crippen LogP) is 0.575. The Morgan fingerprint density at radius 2 is 1.73 bits per heavy atom. The topological polar surface area (TPSA) is 57.6 Å². The van der Waals surface area contributed by atoms with Gasteiger partial charge in [0.15, 0.2) is 0 Å². The molecule has 0 aromatic rings. The molecule has 0 radical (unpaired) electrons. The van der Waals surface area contributed by atoms with E-state index in [2.05, 4.69) is 0 Å². The summed E-state index contributed by atoms with van der Waals surface area (Å²) in [6.07, 6.45) is 0. The molecule has 11 heavy (non-hydrogen) atoms. The van der Waals surface area contributed by atoms with Crippen molar-refractivity contribution in [2.45, 2.75) is 20.8 Å². The van der Waals surface area contributed by atoms with Crippen molar-refractivity contribution in [2.24, 2.45) is 0 Å². The molecular weight excluding hydrogens is 146 g/mol. The fourth-order valence-electron chi connectivity index (χ4n) is 0.314. The monoisotopic (exact) mass is 161 g/mol. The van der Waals surface area contributed by atoms with Gasteiger partial charge in [-0.3, -0.25) is 9.59 Å². The molecule has 0 unspecified atom stereocenters. The Balaban J connectivity index is 0. The molecule has 0 aliphatic rings. The van der Waals surface area contributed by atoms with Gasteiger partial charge in [0.2, 0.25) is 5.91 Å². The van der Waals surface area contributed by atoms with Gasteiger partial charge in [0, 0.05) is 14.0 Å². The van der Waals surface area contributed by atoms with Crippen molar-refractivity contribution in [1.82, 2.24) is 4.90 Å². The molecule has 0 fully saturated rings. The minimum atomic E-state index is -0.993. The van der Waals surface area contributed by atoms with Gasteiger partial charge in [-0.05, 0) is 0 Å². The second-order valence-electron chi connectivity index (χ2n) is 1.77. The summed E-state index contributed by atoms with van der Waals surface area (Å²) in [5.41, 5.74) is 0. The highest BCUT2D eigenvalue weighted by atomic mass is 16.4. The van der Waals surface area contributed by atoms with E-state index >= 15 is 0 Å². The third kappa shape index (κ3) is 8.94. The summed E-state index contributed by atoms with van der Waals surface area (Å²) in [5.74, 6) is -1.23. The number of hydrogen-bond donors (Lipinski definition) is 1. The zero-order chi connectivity index (χ0) is 9.44. The lowest BCUT2D eigenvalue weighted by molar-refractivity contribution is -0.142. The van der Waals surface area contributed by atoms with E-state index in [0.717, 1.165) is 4.90 Å². The smallest absolute Gasteiger partial charge is 0.323 e. The molecule has 0 aliphatic carbocycles. The van der Waals surface area contributed by atoms with Gasteiger partial charge in [0.1, 0.15) is 6.54 Å². The highest BCUT2D eigenvalue weighted by Gasteiger charge is 2.05. The molecule has 0 rings (SSSR count). The first-order valence-electron chi connectivity index (χ1n) is 3.47. The lowest BCUT2D eigenvalue weighted by atomic mass is 10.5. The largest absolute Gasteiger partial charge is 0.480 e. The standard InChI is InChI=1S/C5H9NO3.C2H6/c1-4(7)6(2)3-5(8)9;1-2/h3H2,1-2H3,(H,8,9);1-2H3. The van der Waals surface area contributed by atoms with Crippen LogP contribution >= 0.6 is 0 Å². The molecule has 4 heteroatoms. The fourth-order valence-corrected chi connectivity index (χ4v) is 0.314. The fraction of sp³-hybridized carbons (Fsp3) is 0.714. The maximum absolute atomic E-state index is 10.3. The number of nitrogens with zero attached hydrogens (tertiary/aromatic N) is 1. The van der Waals surface area contributed by atoms with E-state index in [1.165, 1.54) is 14.0 Å².